The highest BCUT2D eigenvalue weighted by molar-refractivity contribution is 5.80. The zero-order chi connectivity index (χ0) is 15.8. The quantitative estimate of drug-likeness (QED) is 0.751. The Bertz CT molecular complexity index is 525. The first kappa shape index (κ1) is 17.0. The van der Waals surface area contributed by atoms with Gasteiger partial charge in [-0.2, -0.15) is 0 Å². The molecule has 0 aromatic heterocycles. The smallest absolute Gasteiger partial charge is 0.261 e. The number of nitrogens with one attached hydrogen (secondary N) is 1. The molecule has 0 aliphatic heterocycles. The Balaban J connectivity index is 2.86. The summed E-state index contributed by atoms with van der Waals surface area (Å²) in [5.41, 5.74) is 6.55. The Hall–Kier alpha value is -2.06. The van der Waals surface area contributed by atoms with E-state index in [1.54, 1.807) is 19.1 Å². The van der Waals surface area contributed by atoms with E-state index in [-0.39, 0.29) is 24.2 Å². The minimum absolute atomic E-state index is 0.0738. The number of benzene rings is 1. The first-order valence-electron chi connectivity index (χ1n) is 6.90. The first-order chi connectivity index (χ1) is 9.99. The highest BCUT2D eigenvalue weighted by Gasteiger charge is 2.19. The van der Waals surface area contributed by atoms with Gasteiger partial charge < -0.3 is 15.8 Å². The molecule has 0 radical (unpaired) electrons. The zero-order valence-corrected chi connectivity index (χ0v) is 12.4. The average Bonchev–Trinajstić information content (AvgIpc) is 2.47. The van der Waals surface area contributed by atoms with Gasteiger partial charge in [-0.05, 0) is 31.4 Å². The van der Waals surface area contributed by atoms with Crippen molar-refractivity contribution in [3.63, 3.8) is 0 Å². The fraction of sp³-hybridized carbons (Fsp3) is 0.438. The van der Waals surface area contributed by atoms with E-state index in [9.17, 15) is 9.18 Å². The molecule has 1 amide bonds. The molecular formula is C16H21FN2O2. The second-order valence-corrected chi connectivity index (χ2v) is 4.78. The summed E-state index contributed by atoms with van der Waals surface area (Å²) in [4.78, 5) is 11.7. The Kier molecular flexibility index (Phi) is 6.70. The lowest BCUT2D eigenvalue weighted by Crippen LogP contribution is -2.37. The highest BCUT2D eigenvalue weighted by Crippen LogP contribution is 2.25. The van der Waals surface area contributed by atoms with Gasteiger partial charge >= 0.3 is 0 Å². The minimum Gasteiger partial charge on any atom is -0.478 e. The second-order valence-electron chi connectivity index (χ2n) is 4.78. The molecule has 1 aromatic carbocycles. The van der Waals surface area contributed by atoms with E-state index in [2.05, 4.69) is 11.2 Å². The Morgan fingerprint density at radius 3 is 2.90 bits per heavy atom. The summed E-state index contributed by atoms with van der Waals surface area (Å²) in [6, 6.07) is 4.56. The van der Waals surface area contributed by atoms with E-state index in [0.29, 0.717) is 12.0 Å². The predicted octanol–water partition coefficient (Wildman–Crippen LogP) is 1.62. The van der Waals surface area contributed by atoms with Gasteiger partial charge in [0.2, 0.25) is 0 Å². The van der Waals surface area contributed by atoms with Crippen molar-refractivity contribution in [1.29, 1.82) is 0 Å². The lowest BCUT2D eigenvalue weighted by molar-refractivity contribution is -0.127. The number of carbonyl (C=O) groups is 1. The maximum Gasteiger partial charge on any atom is 0.261 e. The van der Waals surface area contributed by atoms with E-state index >= 15 is 0 Å². The summed E-state index contributed by atoms with van der Waals surface area (Å²) in [7, 11) is 0. The van der Waals surface area contributed by atoms with E-state index in [4.69, 9.17) is 16.9 Å². The minimum atomic E-state index is -0.841. The number of ether oxygens (including phenoxy) is 1. The number of carbonyl (C=O) groups excluding carboxylic acids is 1. The first-order valence-corrected chi connectivity index (χ1v) is 6.90. The van der Waals surface area contributed by atoms with Crippen molar-refractivity contribution in [2.45, 2.75) is 38.8 Å². The van der Waals surface area contributed by atoms with E-state index in [1.165, 1.54) is 6.07 Å². The van der Waals surface area contributed by atoms with Gasteiger partial charge in [-0.25, -0.2) is 4.39 Å². The molecule has 21 heavy (non-hydrogen) atoms. The number of amides is 1. The number of rotatable bonds is 7. The molecule has 3 N–H and O–H groups in total. The molecule has 0 aliphatic carbocycles. The maximum absolute atomic E-state index is 14.0. The molecule has 1 rings (SSSR count). The molecular weight excluding hydrogens is 271 g/mol. The van der Waals surface area contributed by atoms with Crippen LogP contribution >= 0.6 is 0 Å². The maximum atomic E-state index is 14.0. The van der Waals surface area contributed by atoms with Gasteiger partial charge in [0.15, 0.2) is 17.7 Å². The van der Waals surface area contributed by atoms with Crippen LogP contribution < -0.4 is 15.8 Å². The van der Waals surface area contributed by atoms with Crippen LogP contribution in [0.5, 0.6) is 5.75 Å². The van der Waals surface area contributed by atoms with Crippen LogP contribution in [-0.4, -0.2) is 24.6 Å². The molecule has 0 spiro atoms. The molecule has 4 nitrogen and oxygen atoms in total. The lowest BCUT2D eigenvalue weighted by Gasteiger charge is -2.18. The van der Waals surface area contributed by atoms with Crippen LogP contribution in [-0.2, 0) is 11.2 Å². The van der Waals surface area contributed by atoms with Gasteiger partial charge in [-0.3, -0.25) is 4.79 Å². The molecule has 2 atom stereocenters. The fourth-order valence-electron chi connectivity index (χ4n) is 1.79. The van der Waals surface area contributed by atoms with Crippen molar-refractivity contribution in [3.05, 3.63) is 29.6 Å². The lowest BCUT2D eigenvalue weighted by atomic mass is 10.0. The summed E-state index contributed by atoms with van der Waals surface area (Å²) in [6.07, 6.45) is 5.49. The molecule has 2 unspecified atom stereocenters. The van der Waals surface area contributed by atoms with Crippen LogP contribution in [0.1, 0.15) is 25.8 Å². The Morgan fingerprint density at radius 1 is 1.57 bits per heavy atom. The number of nitrogens with two attached hydrogens (primary N) is 1. The van der Waals surface area contributed by atoms with Crippen molar-refractivity contribution >= 4 is 5.91 Å². The van der Waals surface area contributed by atoms with Crippen molar-refractivity contribution in [2.75, 3.05) is 6.54 Å². The number of para-hydroxylation sites is 1. The molecule has 0 heterocycles. The molecule has 0 fully saturated rings. The van der Waals surface area contributed by atoms with E-state index in [1.807, 2.05) is 6.92 Å². The Morgan fingerprint density at radius 2 is 2.29 bits per heavy atom. The van der Waals surface area contributed by atoms with Crippen LogP contribution in [0.25, 0.3) is 0 Å². The summed E-state index contributed by atoms with van der Waals surface area (Å²) in [5.74, 6) is 1.48. The van der Waals surface area contributed by atoms with Crippen LogP contribution in [0.15, 0.2) is 18.2 Å². The van der Waals surface area contributed by atoms with Gasteiger partial charge in [0.1, 0.15) is 0 Å². The normalized spacial score (nSPS) is 13.1. The number of hydrogen-bond acceptors (Lipinski definition) is 3. The molecule has 1 aromatic rings. The van der Waals surface area contributed by atoms with Crippen molar-refractivity contribution in [3.8, 4) is 18.1 Å². The van der Waals surface area contributed by atoms with Gasteiger partial charge in [0.05, 0.1) is 6.54 Å². The highest BCUT2D eigenvalue weighted by atomic mass is 19.1. The largest absolute Gasteiger partial charge is 0.478 e. The third-order valence-electron chi connectivity index (χ3n) is 3.08. The van der Waals surface area contributed by atoms with Crippen molar-refractivity contribution in [1.82, 2.24) is 5.32 Å². The number of halogens is 1. The molecule has 0 saturated heterocycles. The van der Waals surface area contributed by atoms with Crippen LogP contribution in [0, 0.1) is 18.2 Å². The second kappa shape index (κ2) is 8.28. The Labute approximate surface area is 124 Å². The van der Waals surface area contributed by atoms with Crippen molar-refractivity contribution < 1.29 is 13.9 Å². The standard InChI is InChI=1S/C16H21FN2O2/c1-4-9-19-16(20)11(3)21-15-12(10-13(18)5-2)7-6-8-14(15)17/h1,6-8,11,13H,5,9-10,18H2,2-3H3,(H,19,20). The van der Waals surface area contributed by atoms with E-state index in [0.717, 1.165) is 6.42 Å². The summed E-state index contributed by atoms with van der Waals surface area (Å²) in [5, 5.41) is 2.50. The monoisotopic (exact) mass is 292 g/mol. The third-order valence-corrected chi connectivity index (χ3v) is 3.08. The van der Waals surface area contributed by atoms with Crippen LogP contribution in [0.3, 0.4) is 0 Å². The van der Waals surface area contributed by atoms with Crippen LogP contribution in [0.2, 0.25) is 0 Å². The fourth-order valence-corrected chi connectivity index (χ4v) is 1.79. The molecule has 0 bridgehead atoms. The van der Waals surface area contributed by atoms with Gasteiger partial charge in [-0.1, -0.05) is 25.0 Å². The number of terminal acetylenes is 1. The summed E-state index contributed by atoms with van der Waals surface area (Å²) >= 11 is 0. The summed E-state index contributed by atoms with van der Waals surface area (Å²) < 4.78 is 19.4. The summed E-state index contributed by atoms with van der Waals surface area (Å²) in [6.45, 7) is 3.61. The molecule has 114 valence electrons. The number of hydrogen-bond donors (Lipinski definition) is 2. The third kappa shape index (κ3) is 5.09. The molecule has 0 saturated carbocycles. The molecule has 5 heteroatoms. The SMILES string of the molecule is C#CCNC(=O)C(C)Oc1c(F)cccc1CC(N)CC. The zero-order valence-electron chi connectivity index (χ0n) is 12.4. The van der Waals surface area contributed by atoms with Crippen LogP contribution in [0.4, 0.5) is 4.39 Å². The van der Waals surface area contributed by atoms with E-state index < -0.39 is 11.9 Å². The topological polar surface area (TPSA) is 64.3 Å². The van der Waals surface area contributed by atoms with Gasteiger partial charge in [0, 0.05) is 6.04 Å². The predicted molar refractivity (Wildman–Crippen MR) is 80.3 cm³/mol. The average molecular weight is 292 g/mol. The van der Waals surface area contributed by atoms with Gasteiger partial charge in [0.25, 0.3) is 5.91 Å². The molecule has 0 aliphatic rings. The van der Waals surface area contributed by atoms with Crippen molar-refractivity contribution in [2.24, 2.45) is 5.73 Å². The van der Waals surface area contributed by atoms with Gasteiger partial charge in [-0.15, -0.1) is 6.42 Å².